The van der Waals surface area contributed by atoms with Crippen LogP contribution in [0.3, 0.4) is 0 Å². The first-order valence-corrected chi connectivity index (χ1v) is 9.78. The molecule has 0 aromatic heterocycles. The van der Waals surface area contributed by atoms with E-state index < -0.39 is 27.7 Å². The Morgan fingerprint density at radius 1 is 1.11 bits per heavy atom. The van der Waals surface area contributed by atoms with E-state index in [0.717, 1.165) is 0 Å². The summed E-state index contributed by atoms with van der Waals surface area (Å²) < 4.78 is 22.9. The van der Waals surface area contributed by atoms with Gasteiger partial charge in [-0.1, -0.05) is 37.3 Å². The second-order valence-corrected chi connectivity index (χ2v) is 7.63. The monoisotopic (exact) mass is 386 g/mol. The number of carbonyl (C=O) groups excluding carboxylic acids is 2. The van der Waals surface area contributed by atoms with Crippen LogP contribution in [0.15, 0.2) is 70.8 Å². The number of nitrogens with zero attached hydrogens (tertiary/aromatic N) is 1. The number of aliphatic hydroxyl groups excluding tert-OH is 1. The maximum absolute atomic E-state index is 12.7. The zero-order chi connectivity index (χ0) is 19.8. The highest BCUT2D eigenvalue weighted by Gasteiger charge is 2.43. The first-order valence-electron chi connectivity index (χ1n) is 8.23. The van der Waals surface area contributed by atoms with Crippen LogP contribution >= 0.6 is 0 Å². The predicted molar refractivity (Wildman–Crippen MR) is 99.4 cm³/mol. The van der Waals surface area contributed by atoms with Crippen molar-refractivity contribution in [1.82, 2.24) is 0 Å². The van der Waals surface area contributed by atoms with Crippen LogP contribution in [0.25, 0.3) is 0 Å². The first kappa shape index (κ1) is 18.8. The van der Waals surface area contributed by atoms with Gasteiger partial charge in [-0.25, -0.2) is 13.6 Å². The van der Waals surface area contributed by atoms with Crippen molar-refractivity contribution in [2.75, 3.05) is 4.90 Å². The Morgan fingerprint density at radius 3 is 2.22 bits per heavy atom. The van der Waals surface area contributed by atoms with Crippen molar-refractivity contribution in [2.45, 2.75) is 24.3 Å². The Labute approximate surface area is 156 Å². The van der Waals surface area contributed by atoms with E-state index in [2.05, 4.69) is 0 Å². The summed E-state index contributed by atoms with van der Waals surface area (Å²) >= 11 is 0. The van der Waals surface area contributed by atoms with E-state index in [9.17, 15) is 23.1 Å². The van der Waals surface area contributed by atoms with Gasteiger partial charge in [0.25, 0.3) is 5.91 Å². The molecule has 1 unspecified atom stereocenters. The van der Waals surface area contributed by atoms with Crippen LogP contribution in [0.1, 0.15) is 24.9 Å². The van der Waals surface area contributed by atoms with Crippen LogP contribution in [-0.2, 0) is 19.6 Å². The number of anilines is 1. The number of amides is 1. The van der Waals surface area contributed by atoms with Crippen molar-refractivity contribution in [3.63, 3.8) is 0 Å². The third-order valence-electron chi connectivity index (χ3n) is 4.39. The topological polar surface area (TPSA) is 118 Å². The molecular weight excluding hydrogens is 368 g/mol. The number of hydrogen-bond acceptors (Lipinski definition) is 5. The Hall–Kier alpha value is -2.97. The van der Waals surface area contributed by atoms with Crippen molar-refractivity contribution in [1.29, 1.82) is 0 Å². The lowest BCUT2D eigenvalue weighted by atomic mass is 9.95. The Morgan fingerprint density at radius 2 is 1.70 bits per heavy atom. The largest absolute Gasteiger partial charge is 0.503 e. The van der Waals surface area contributed by atoms with Gasteiger partial charge in [-0.05, 0) is 29.8 Å². The molecular formula is C19H18N2O5S. The highest BCUT2D eigenvalue weighted by molar-refractivity contribution is 7.89. The molecule has 3 rings (SSSR count). The molecule has 0 saturated heterocycles. The van der Waals surface area contributed by atoms with E-state index >= 15 is 0 Å². The van der Waals surface area contributed by atoms with Gasteiger partial charge in [0.05, 0.1) is 16.5 Å². The summed E-state index contributed by atoms with van der Waals surface area (Å²) in [7, 11) is -3.88. The third-order valence-corrected chi connectivity index (χ3v) is 5.32. The molecule has 3 N–H and O–H groups in total. The third kappa shape index (κ3) is 3.36. The number of primary sulfonamides is 1. The van der Waals surface area contributed by atoms with E-state index in [1.54, 1.807) is 37.3 Å². The van der Waals surface area contributed by atoms with Gasteiger partial charge in [-0.3, -0.25) is 14.5 Å². The zero-order valence-corrected chi connectivity index (χ0v) is 15.3. The second-order valence-electron chi connectivity index (χ2n) is 6.07. The van der Waals surface area contributed by atoms with Crippen LogP contribution in [0.5, 0.6) is 0 Å². The smallest absolute Gasteiger partial charge is 0.294 e. The molecule has 0 radical (unpaired) electrons. The molecule has 0 spiro atoms. The lowest BCUT2D eigenvalue weighted by Gasteiger charge is -2.27. The highest BCUT2D eigenvalue weighted by atomic mass is 32.2. The SMILES string of the molecule is CCC(=O)C1=C(O)C(=O)N(c2ccc(S(N)(=O)=O)cc2)C1c1ccccc1. The summed E-state index contributed by atoms with van der Waals surface area (Å²) in [5.41, 5.74) is 1.03. The van der Waals surface area contributed by atoms with E-state index in [-0.39, 0.29) is 22.7 Å². The summed E-state index contributed by atoms with van der Waals surface area (Å²) in [6.07, 6.45) is 0.133. The minimum absolute atomic E-state index is 0.0317. The number of nitrogens with two attached hydrogens (primary N) is 1. The second kappa shape index (κ2) is 6.98. The molecule has 0 bridgehead atoms. The van der Waals surface area contributed by atoms with Crippen LogP contribution in [0.2, 0.25) is 0 Å². The van der Waals surface area contributed by atoms with E-state index in [1.165, 1.54) is 29.2 Å². The molecule has 0 saturated carbocycles. The number of Topliss-reactive ketones (excluding diaryl/α,β-unsaturated/α-hetero) is 1. The molecule has 1 aliphatic heterocycles. The van der Waals surface area contributed by atoms with Gasteiger partial charge in [-0.15, -0.1) is 0 Å². The van der Waals surface area contributed by atoms with E-state index in [4.69, 9.17) is 5.14 Å². The van der Waals surface area contributed by atoms with Crippen LogP contribution < -0.4 is 10.0 Å². The molecule has 8 heteroatoms. The maximum atomic E-state index is 12.7. The van der Waals surface area contributed by atoms with Gasteiger partial charge < -0.3 is 5.11 Å². The summed E-state index contributed by atoms with van der Waals surface area (Å²) in [6, 6.07) is 13.4. The van der Waals surface area contributed by atoms with Crippen molar-refractivity contribution >= 4 is 27.4 Å². The summed E-state index contributed by atoms with van der Waals surface area (Å²) in [5, 5.41) is 15.5. The summed E-state index contributed by atoms with van der Waals surface area (Å²) in [5.74, 6) is -1.64. The standard InChI is InChI=1S/C19H18N2O5S/c1-2-15(22)16-17(12-6-4-3-5-7-12)21(19(24)18(16)23)13-8-10-14(11-9-13)27(20,25)26/h3-11,17,23H,2H2,1H3,(H2,20,25,26). The Balaban J connectivity index is 2.14. The van der Waals surface area contributed by atoms with E-state index in [0.29, 0.717) is 11.3 Å². The molecule has 1 heterocycles. The molecule has 27 heavy (non-hydrogen) atoms. The Kier molecular flexibility index (Phi) is 4.86. The van der Waals surface area contributed by atoms with Crippen molar-refractivity contribution in [2.24, 2.45) is 5.14 Å². The molecule has 0 fully saturated rings. The van der Waals surface area contributed by atoms with Gasteiger partial charge in [0.2, 0.25) is 10.0 Å². The lowest BCUT2D eigenvalue weighted by Crippen LogP contribution is -2.31. The minimum Gasteiger partial charge on any atom is -0.503 e. The quantitative estimate of drug-likeness (QED) is 0.817. The van der Waals surface area contributed by atoms with Gasteiger partial charge in [0.15, 0.2) is 11.5 Å². The fourth-order valence-electron chi connectivity index (χ4n) is 3.09. The fraction of sp³-hybridized carbons (Fsp3) is 0.158. The van der Waals surface area contributed by atoms with Crippen molar-refractivity contribution < 1.29 is 23.1 Å². The Bertz CT molecular complexity index is 1030. The van der Waals surface area contributed by atoms with Gasteiger partial charge >= 0.3 is 0 Å². The van der Waals surface area contributed by atoms with Crippen LogP contribution in [-0.4, -0.2) is 25.2 Å². The normalized spacial score (nSPS) is 17.5. The van der Waals surface area contributed by atoms with Crippen LogP contribution in [0, 0.1) is 0 Å². The minimum atomic E-state index is -3.88. The van der Waals surface area contributed by atoms with Crippen LogP contribution in [0.4, 0.5) is 5.69 Å². The number of benzene rings is 2. The number of carbonyl (C=O) groups is 2. The molecule has 1 aliphatic rings. The number of ketones is 1. The highest BCUT2D eigenvalue weighted by Crippen LogP contribution is 2.41. The molecule has 2 aromatic rings. The lowest BCUT2D eigenvalue weighted by molar-refractivity contribution is -0.118. The van der Waals surface area contributed by atoms with Gasteiger partial charge in [-0.2, -0.15) is 0 Å². The zero-order valence-electron chi connectivity index (χ0n) is 14.5. The van der Waals surface area contributed by atoms with Crippen molar-refractivity contribution in [3.8, 4) is 0 Å². The molecule has 140 valence electrons. The average molecular weight is 386 g/mol. The molecule has 1 atom stereocenters. The molecule has 1 amide bonds. The number of sulfonamides is 1. The molecule has 2 aromatic carbocycles. The van der Waals surface area contributed by atoms with Gasteiger partial charge in [0, 0.05) is 12.1 Å². The van der Waals surface area contributed by atoms with Gasteiger partial charge in [0.1, 0.15) is 0 Å². The average Bonchev–Trinajstić information content (AvgIpc) is 2.92. The predicted octanol–water partition coefficient (Wildman–Crippen LogP) is 2.21. The first-order chi connectivity index (χ1) is 12.8. The molecule has 7 nitrogen and oxygen atoms in total. The summed E-state index contributed by atoms with van der Waals surface area (Å²) in [6.45, 7) is 1.65. The van der Waals surface area contributed by atoms with E-state index in [1.807, 2.05) is 0 Å². The number of aliphatic hydroxyl groups is 1. The maximum Gasteiger partial charge on any atom is 0.294 e. The van der Waals surface area contributed by atoms with Crippen molar-refractivity contribution in [3.05, 3.63) is 71.5 Å². The summed E-state index contributed by atoms with van der Waals surface area (Å²) in [4.78, 5) is 26.3. The fourth-order valence-corrected chi connectivity index (χ4v) is 3.61. The number of rotatable bonds is 5. The molecule has 0 aliphatic carbocycles. The number of hydrogen-bond donors (Lipinski definition) is 2.